The number of carboxylic acids is 1. The highest BCUT2D eigenvalue weighted by atomic mass is 32.2. The van der Waals surface area contributed by atoms with Crippen LogP contribution in [0.1, 0.15) is 28.8 Å². The van der Waals surface area contributed by atoms with E-state index in [4.69, 9.17) is 5.11 Å². The maximum absolute atomic E-state index is 12.7. The SMILES string of the molecule is COC(=O)c1ccc(S(=O)(=O)N2CCC[C@H]2C(=O)O)c(C)c1. The first-order valence-electron chi connectivity index (χ1n) is 6.72. The lowest BCUT2D eigenvalue weighted by Gasteiger charge is -2.22. The van der Waals surface area contributed by atoms with E-state index >= 15 is 0 Å². The molecule has 1 aliphatic rings. The number of hydrogen-bond donors (Lipinski definition) is 1. The number of nitrogens with zero attached hydrogens (tertiary/aromatic N) is 1. The van der Waals surface area contributed by atoms with Crippen LogP contribution in [0, 0.1) is 6.92 Å². The number of carbonyl (C=O) groups is 2. The Kier molecular flexibility index (Phi) is 4.52. The second-order valence-electron chi connectivity index (χ2n) is 5.08. The normalized spacial score (nSPS) is 19.1. The van der Waals surface area contributed by atoms with Crippen LogP contribution >= 0.6 is 0 Å². The quantitative estimate of drug-likeness (QED) is 0.829. The molecule has 1 aliphatic heterocycles. The first-order valence-corrected chi connectivity index (χ1v) is 8.16. The van der Waals surface area contributed by atoms with Crippen LogP contribution < -0.4 is 0 Å². The van der Waals surface area contributed by atoms with Gasteiger partial charge in [0.05, 0.1) is 17.6 Å². The second kappa shape index (κ2) is 6.05. The summed E-state index contributed by atoms with van der Waals surface area (Å²) in [7, 11) is -2.67. The minimum atomic E-state index is -3.91. The van der Waals surface area contributed by atoms with Crippen molar-refractivity contribution < 1.29 is 27.9 Å². The summed E-state index contributed by atoms with van der Waals surface area (Å²) in [5.41, 5.74) is 0.620. The third kappa shape index (κ3) is 2.84. The molecule has 1 fully saturated rings. The number of rotatable bonds is 4. The zero-order chi connectivity index (χ0) is 16.5. The van der Waals surface area contributed by atoms with E-state index in [1.54, 1.807) is 6.92 Å². The van der Waals surface area contributed by atoms with Gasteiger partial charge in [0, 0.05) is 6.54 Å². The smallest absolute Gasteiger partial charge is 0.337 e. The number of aryl methyl sites for hydroxylation is 1. The zero-order valence-electron chi connectivity index (χ0n) is 12.3. The van der Waals surface area contributed by atoms with E-state index in [1.165, 1.54) is 25.3 Å². The van der Waals surface area contributed by atoms with Crippen molar-refractivity contribution in [3.8, 4) is 0 Å². The van der Waals surface area contributed by atoms with E-state index in [-0.39, 0.29) is 17.0 Å². The summed E-state index contributed by atoms with van der Waals surface area (Å²) in [6.45, 7) is 1.74. The van der Waals surface area contributed by atoms with Crippen molar-refractivity contribution in [2.75, 3.05) is 13.7 Å². The van der Waals surface area contributed by atoms with Gasteiger partial charge < -0.3 is 9.84 Å². The number of aliphatic carboxylic acids is 1. The zero-order valence-corrected chi connectivity index (χ0v) is 13.1. The van der Waals surface area contributed by atoms with Crippen molar-refractivity contribution >= 4 is 22.0 Å². The van der Waals surface area contributed by atoms with Crippen molar-refractivity contribution in [2.24, 2.45) is 0 Å². The molecule has 1 N–H and O–H groups in total. The summed E-state index contributed by atoms with van der Waals surface area (Å²) < 4.78 is 30.9. The molecule has 1 saturated heterocycles. The number of hydrogen-bond acceptors (Lipinski definition) is 5. The van der Waals surface area contributed by atoms with E-state index in [2.05, 4.69) is 4.74 Å². The maximum atomic E-state index is 12.7. The predicted octanol–water partition coefficient (Wildman–Crippen LogP) is 1.02. The Morgan fingerprint density at radius 3 is 2.59 bits per heavy atom. The average Bonchev–Trinajstić information content (AvgIpc) is 2.96. The van der Waals surface area contributed by atoms with Gasteiger partial charge in [-0.2, -0.15) is 4.31 Å². The van der Waals surface area contributed by atoms with Crippen LogP contribution in [0.2, 0.25) is 0 Å². The second-order valence-corrected chi connectivity index (χ2v) is 6.94. The van der Waals surface area contributed by atoms with Gasteiger partial charge in [-0.1, -0.05) is 0 Å². The van der Waals surface area contributed by atoms with Crippen LogP contribution in [0.25, 0.3) is 0 Å². The van der Waals surface area contributed by atoms with Crippen molar-refractivity contribution in [3.05, 3.63) is 29.3 Å². The molecule has 1 aromatic rings. The number of esters is 1. The molecule has 1 atom stereocenters. The Morgan fingerprint density at radius 2 is 2.05 bits per heavy atom. The average molecular weight is 327 g/mol. The molecule has 1 heterocycles. The molecular weight excluding hydrogens is 310 g/mol. The lowest BCUT2D eigenvalue weighted by atomic mass is 10.1. The van der Waals surface area contributed by atoms with Crippen LogP contribution in [0.4, 0.5) is 0 Å². The minimum absolute atomic E-state index is 0.00769. The molecule has 22 heavy (non-hydrogen) atoms. The minimum Gasteiger partial charge on any atom is -0.480 e. The molecule has 2 rings (SSSR count). The molecule has 0 amide bonds. The first kappa shape index (κ1) is 16.4. The Balaban J connectivity index is 2.42. The van der Waals surface area contributed by atoms with Crippen molar-refractivity contribution in [1.29, 1.82) is 0 Å². The highest BCUT2D eigenvalue weighted by molar-refractivity contribution is 7.89. The standard InChI is InChI=1S/C14H17NO6S/c1-9-8-10(14(18)21-2)5-6-12(9)22(19,20)15-7-3-4-11(15)13(16)17/h5-6,8,11H,3-4,7H2,1-2H3,(H,16,17)/t11-/m0/s1. The number of benzene rings is 1. The maximum Gasteiger partial charge on any atom is 0.337 e. The van der Waals surface area contributed by atoms with Crippen molar-refractivity contribution in [3.63, 3.8) is 0 Å². The van der Waals surface area contributed by atoms with Crippen LogP contribution in [0.15, 0.2) is 23.1 Å². The van der Waals surface area contributed by atoms with Gasteiger partial charge >= 0.3 is 11.9 Å². The van der Waals surface area contributed by atoms with Crippen LogP contribution in [0.5, 0.6) is 0 Å². The Bertz CT molecular complexity index is 712. The molecule has 0 spiro atoms. The highest BCUT2D eigenvalue weighted by Crippen LogP contribution is 2.28. The largest absolute Gasteiger partial charge is 0.480 e. The lowest BCUT2D eigenvalue weighted by Crippen LogP contribution is -2.40. The third-order valence-electron chi connectivity index (χ3n) is 3.67. The van der Waals surface area contributed by atoms with Gasteiger partial charge in [0.15, 0.2) is 0 Å². The summed E-state index contributed by atoms with van der Waals surface area (Å²) in [5.74, 6) is -1.71. The van der Waals surface area contributed by atoms with Crippen LogP contribution in [-0.4, -0.2) is 49.5 Å². The van der Waals surface area contributed by atoms with E-state index in [0.29, 0.717) is 18.4 Å². The molecule has 0 unspecified atom stereocenters. The fourth-order valence-electron chi connectivity index (χ4n) is 2.58. The van der Waals surface area contributed by atoms with Gasteiger partial charge in [-0.3, -0.25) is 4.79 Å². The summed E-state index contributed by atoms with van der Waals surface area (Å²) in [6.07, 6.45) is 0.809. The Labute approximate surface area is 128 Å². The van der Waals surface area contributed by atoms with Gasteiger partial charge in [-0.05, 0) is 43.5 Å². The number of ether oxygens (including phenoxy) is 1. The fourth-order valence-corrected chi connectivity index (χ4v) is 4.44. The number of carboxylic acid groups (broad SMARTS) is 1. The summed E-state index contributed by atoms with van der Waals surface area (Å²) >= 11 is 0. The Hall–Kier alpha value is -1.93. The van der Waals surface area contributed by atoms with Gasteiger partial charge in [0.1, 0.15) is 6.04 Å². The van der Waals surface area contributed by atoms with Crippen molar-refractivity contribution in [1.82, 2.24) is 4.31 Å². The molecule has 7 nitrogen and oxygen atoms in total. The molecule has 120 valence electrons. The topological polar surface area (TPSA) is 101 Å². The van der Waals surface area contributed by atoms with E-state index in [9.17, 15) is 18.0 Å². The van der Waals surface area contributed by atoms with Crippen molar-refractivity contribution in [2.45, 2.75) is 30.7 Å². The molecule has 0 aromatic heterocycles. The molecule has 0 radical (unpaired) electrons. The number of methoxy groups -OCH3 is 1. The monoisotopic (exact) mass is 327 g/mol. The van der Waals surface area contributed by atoms with Gasteiger partial charge in [-0.25, -0.2) is 13.2 Å². The molecule has 8 heteroatoms. The summed E-state index contributed by atoms with van der Waals surface area (Å²) in [4.78, 5) is 22.7. The van der Waals surface area contributed by atoms with Crippen LogP contribution in [-0.2, 0) is 19.6 Å². The molecule has 0 bridgehead atoms. The van der Waals surface area contributed by atoms with Gasteiger partial charge in [-0.15, -0.1) is 0 Å². The highest BCUT2D eigenvalue weighted by Gasteiger charge is 2.40. The van der Waals surface area contributed by atoms with Gasteiger partial charge in [0.2, 0.25) is 10.0 Å². The Morgan fingerprint density at radius 1 is 1.36 bits per heavy atom. The predicted molar refractivity (Wildman–Crippen MR) is 77.1 cm³/mol. The number of carbonyl (C=O) groups excluding carboxylic acids is 1. The summed E-state index contributed by atoms with van der Waals surface area (Å²) in [6, 6.07) is 3.06. The first-order chi connectivity index (χ1) is 10.3. The number of sulfonamides is 1. The molecular formula is C14H17NO6S. The third-order valence-corrected chi connectivity index (χ3v) is 5.74. The fraction of sp³-hybridized carbons (Fsp3) is 0.429. The molecule has 0 aliphatic carbocycles. The van der Waals surface area contributed by atoms with E-state index < -0.39 is 28.0 Å². The molecule has 0 saturated carbocycles. The van der Waals surface area contributed by atoms with Crippen LogP contribution in [0.3, 0.4) is 0 Å². The van der Waals surface area contributed by atoms with Gasteiger partial charge in [0.25, 0.3) is 0 Å². The van der Waals surface area contributed by atoms with E-state index in [1.807, 2.05) is 0 Å². The molecule has 1 aromatic carbocycles. The summed E-state index contributed by atoms with van der Waals surface area (Å²) in [5, 5.41) is 9.14. The van der Waals surface area contributed by atoms with E-state index in [0.717, 1.165) is 4.31 Å². The lowest BCUT2D eigenvalue weighted by molar-refractivity contribution is -0.140.